The Morgan fingerprint density at radius 1 is 1.00 bits per heavy atom. The van der Waals surface area contributed by atoms with E-state index in [2.05, 4.69) is 10.4 Å². The first-order chi connectivity index (χ1) is 18.1. The van der Waals surface area contributed by atoms with Crippen molar-refractivity contribution in [1.29, 1.82) is 0 Å². The van der Waals surface area contributed by atoms with Gasteiger partial charge in [-0.2, -0.15) is 5.10 Å². The number of nitrogens with one attached hydrogen (secondary N) is 1. The largest absolute Gasteiger partial charge is 0.345 e. The molecule has 0 bridgehead atoms. The van der Waals surface area contributed by atoms with Gasteiger partial charge in [-0.3, -0.25) is 14.2 Å². The number of aromatic nitrogens is 4. The van der Waals surface area contributed by atoms with Gasteiger partial charge in [-0.15, -0.1) is 0 Å². The molecular weight excluding hydrogens is 506 g/mol. The summed E-state index contributed by atoms with van der Waals surface area (Å²) < 4.78 is 3.28. The third-order valence-corrected chi connectivity index (χ3v) is 7.78. The van der Waals surface area contributed by atoms with Crippen molar-refractivity contribution in [2.24, 2.45) is 0 Å². The third-order valence-electron chi connectivity index (χ3n) is 6.43. The highest BCUT2D eigenvalue weighted by atomic mass is 35.5. The van der Waals surface area contributed by atoms with Crippen LogP contribution in [0.15, 0.2) is 101 Å². The number of amides is 1. The first-order valence-corrected chi connectivity index (χ1v) is 13.2. The SMILES string of the molecule is O=C(CC1CSc2nc3c(cnn3-c3ccc(Cl)cc3)c(=O)n21)NC(c1ccccc1)c1ccccc1. The smallest absolute Gasteiger partial charge is 0.265 e. The van der Waals surface area contributed by atoms with Crippen LogP contribution in [0.25, 0.3) is 16.7 Å². The lowest BCUT2D eigenvalue weighted by atomic mass is 9.98. The van der Waals surface area contributed by atoms with Gasteiger partial charge in [-0.25, -0.2) is 9.67 Å². The number of hydrogen-bond acceptors (Lipinski definition) is 5. The second-order valence-electron chi connectivity index (χ2n) is 8.83. The zero-order valence-electron chi connectivity index (χ0n) is 19.6. The average Bonchev–Trinajstić information content (AvgIpc) is 3.54. The molecule has 1 atom stereocenters. The summed E-state index contributed by atoms with van der Waals surface area (Å²) in [5.74, 6) is 0.470. The Morgan fingerprint density at radius 2 is 1.65 bits per heavy atom. The molecule has 0 saturated heterocycles. The molecule has 2 aromatic heterocycles. The monoisotopic (exact) mass is 527 g/mol. The fraction of sp³-hybridized carbons (Fsp3) is 0.143. The summed E-state index contributed by atoms with van der Waals surface area (Å²) in [5, 5.41) is 9.21. The van der Waals surface area contributed by atoms with Crippen molar-refractivity contribution in [2.45, 2.75) is 23.7 Å². The summed E-state index contributed by atoms with van der Waals surface area (Å²) in [4.78, 5) is 31.5. The van der Waals surface area contributed by atoms with E-state index in [9.17, 15) is 9.59 Å². The molecule has 1 aliphatic rings. The minimum atomic E-state index is -0.296. The number of thioether (sulfide) groups is 1. The first-order valence-electron chi connectivity index (χ1n) is 11.9. The number of carbonyl (C=O) groups is 1. The standard InChI is InChI=1S/C28H22ClN5O2S/c29-20-11-13-21(14-12-20)34-26-23(16-30-34)27(36)33-22(17-37-28(33)32-26)15-24(35)31-25(18-7-3-1-4-8-18)19-9-5-2-6-10-19/h1-14,16,22,25H,15,17H2,(H,31,35). The second-order valence-corrected chi connectivity index (χ2v) is 10.3. The van der Waals surface area contributed by atoms with E-state index in [1.54, 1.807) is 21.4 Å². The van der Waals surface area contributed by atoms with Gasteiger partial charge in [0.2, 0.25) is 5.91 Å². The maximum absolute atomic E-state index is 13.5. The summed E-state index contributed by atoms with van der Waals surface area (Å²) in [6, 6.07) is 26.4. The van der Waals surface area contributed by atoms with E-state index in [1.165, 1.54) is 18.0 Å². The summed E-state index contributed by atoms with van der Waals surface area (Å²) >= 11 is 7.50. The van der Waals surface area contributed by atoms with Crippen LogP contribution in [0.1, 0.15) is 29.6 Å². The van der Waals surface area contributed by atoms with Gasteiger partial charge in [0.25, 0.3) is 5.56 Å². The lowest BCUT2D eigenvalue weighted by Gasteiger charge is -2.21. The van der Waals surface area contributed by atoms with Gasteiger partial charge in [-0.1, -0.05) is 84.0 Å². The molecule has 5 aromatic rings. The van der Waals surface area contributed by atoms with Gasteiger partial charge in [0.15, 0.2) is 10.8 Å². The molecule has 0 saturated carbocycles. The molecule has 1 aliphatic heterocycles. The topological polar surface area (TPSA) is 81.8 Å². The van der Waals surface area contributed by atoms with E-state index in [1.807, 2.05) is 72.8 Å². The highest BCUT2D eigenvalue weighted by molar-refractivity contribution is 7.99. The zero-order chi connectivity index (χ0) is 25.4. The van der Waals surface area contributed by atoms with E-state index < -0.39 is 0 Å². The Kier molecular flexibility index (Phi) is 6.28. The van der Waals surface area contributed by atoms with Gasteiger partial charge in [0.05, 0.1) is 24.0 Å². The van der Waals surface area contributed by atoms with Gasteiger partial charge < -0.3 is 5.32 Å². The molecule has 3 heterocycles. The van der Waals surface area contributed by atoms with Crippen molar-refractivity contribution in [3.63, 3.8) is 0 Å². The summed E-state index contributed by atoms with van der Waals surface area (Å²) in [5.41, 5.74) is 3.06. The van der Waals surface area contributed by atoms with Crippen LogP contribution in [-0.2, 0) is 4.79 Å². The van der Waals surface area contributed by atoms with Crippen molar-refractivity contribution >= 4 is 40.3 Å². The Morgan fingerprint density at radius 3 is 2.30 bits per heavy atom. The molecule has 1 N–H and O–H groups in total. The average molecular weight is 528 g/mol. The fourth-order valence-corrected chi connectivity index (χ4v) is 5.89. The number of hydrogen-bond donors (Lipinski definition) is 1. The van der Waals surface area contributed by atoms with Crippen molar-refractivity contribution < 1.29 is 4.79 Å². The van der Waals surface area contributed by atoms with Crippen molar-refractivity contribution in [3.05, 3.63) is 118 Å². The Bertz CT molecular complexity index is 1600. The van der Waals surface area contributed by atoms with Crippen LogP contribution in [0, 0.1) is 0 Å². The predicted octanol–water partition coefficient (Wildman–Crippen LogP) is 5.18. The molecule has 9 heteroatoms. The Hall–Kier alpha value is -3.88. The Labute approximate surface area is 222 Å². The molecule has 184 valence electrons. The number of halogens is 1. The number of benzene rings is 3. The molecule has 37 heavy (non-hydrogen) atoms. The highest BCUT2D eigenvalue weighted by Crippen LogP contribution is 2.34. The van der Waals surface area contributed by atoms with Crippen LogP contribution in [0.5, 0.6) is 0 Å². The molecular formula is C28H22ClN5O2S. The van der Waals surface area contributed by atoms with Crippen LogP contribution in [0.3, 0.4) is 0 Å². The summed E-state index contributed by atoms with van der Waals surface area (Å²) in [6.45, 7) is 0. The third kappa shape index (κ3) is 4.54. The van der Waals surface area contributed by atoms with Crippen LogP contribution in [-0.4, -0.2) is 31.0 Å². The number of rotatable bonds is 6. The van der Waals surface area contributed by atoms with E-state index in [0.29, 0.717) is 27.0 Å². The van der Waals surface area contributed by atoms with Crippen LogP contribution >= 0.6 is 23.4 Å². The zero-order valence-corrected chi connectivity index (χ0v) is 21.2. The van der Waals surface area contributed by atoms with E-state index in [-0.39, 0.29) is 30.0 Å². The molecule has 1 amide bonds. The summed E-state index contributed by atoms with van der Waals surface area (Å²) in [7, 11) is 0. The molecule has 0 fully saturated rings. The van der Waals surface area contributed by atoms with Crippen LogP contribution < -0.4 is 10.9 Å². The van der Waals surface area contributed by atoms with Crippen LogP contribution in [0.4, 0.5) is 0 Å². The number of nitrogens with zero attached hydrogens (tertiary/aromatic N) is 4. The quantitative estimate of drug-likeness (QED) is 0.308. The molecule has 1 unspecified atom stereocenters. The van der Waals surface area contributed by atoms with Crippen molar-refractivity contribution in [2.75, 3.05) is 5.75 Å². The van der Waals surface area contributed by atoms with E-state index in [0.717, 1.165) is 16.8 Å². The van der Waals surface area contributed by atoms with Crippen molar-refractivity contribution in [1.82, 2.24) is 24.6 Å². The van der Waals surface area contributed by atoms with Gasteiger partial charge >= 0.3 is 0 Å². The molecule has 0 spiro atoms. The first kappa shape index (κ1) is 23.5. The minimum Gasteiger partial charge on any atom is -0.345 e. The second kappa shape index (κ2) is 9.88. The van der Waals surface area contributed by atoms with Gasteiger partial charge in [0.1, 0.15) is 5.39 Å². The normalized spacial score (nSPS) is 14.7. The fourth-order valence-electron chi connectivity index (χ4n) is 4.64. The number of fused-ring (bicyclic) bond motifs is 2. The van der Waals surface area contributed by atoms with Gasteiger partial charge in [-0.05, 0) is 35.4 Å². The van der Waals surface area contributed by atoms with Crippen LogP contribution in [0.2, 0.25) is 5.02 Å². The maximum atomic E-state index is 13.5. The maximum Gasteiger partial charge on any atom is 0.265 e. The van der Waals surface area contributed by atoms with Crippen molar-refractivity contribution in [3.8, 4) is 5.69 Å². The summed E-state index contributed by atoms with van der Waals surface area (Å²) in [6.07, 6.45) is 1.71. The molecule has 6 rings (SSSR count). The predicted molar refractivity (Wildman–Crippen MR) is 145 cm³/mol. The molecule has 7 nitrogen and oxygen atoms in total. The number of carbonyl (C=O) groups excluding carboxylic acids is 1. The molecule has 0 radical (unpaired) electrons. The van der Waals surface area contributed by atoms with E-state index in [4.69, 9.17) is 16.6 Å². The molecule has 0 aliphatic carbocycles. The molecule has 3 aromatic carbocycles. The highest BCUT2D eigenvalue weighted by Gasteiger charge is 2.30. The van der Waals surface area contributed by atoms with E-state index >= 15 is 0 Å². The Balaban J connectivity index is 1.28. The minimum absolute atomic E-state index is 0.125. The lowest BCUT2D eigenvalue weighted by molar-refractivity contribution is -0.122. The lowest BCUT2D eigenvalue weighted by Crippen LogP contribution is -2.33. The van der Waals surface area contributed by atoms with Gasteiger partial charge in [0, 0.05) is 17.2 Å².